The van der Waals surface area contributed by atoms with Crippen LogP contribution in [0.1, 0.15) is 0 Å². The molecule has 0 aliphatic heterocycles. The van der Waals surface area contributed by atoms with Gasteiger partial charge in [0.05, 0.1) is 5.75 Å². The van der Waals surface area contributed by atoms with E-state index in [1.54, 1.807) is 12.1 Å². The second-order valence-electron chi connectivity index (χ2n) is 5.22. The van der Waals surface area contributed by atoms with Gasteiger partial charge in [0.25, 0.3) is 0 Å². The molecule has 0 atom stereocenters. The monoisotopic (exact) mass is 376 g/mol. The lowest BCUT2D eigenvalue weighted by Crippen LogP contribution is -2.14. The van der Waals surface area contributed by atoms with Crippen molar-refractivity contribution >= 4 is 35.0 Å². The van der Waals surface area contributed by atoms with Gasteiger partial charge in [-0.15, -0.1) is 10.2 Å². The lowest BCUT2D eigenvalue weighted by molar-refractivity contribution is -0.113. The SMILES string of the molecule is Cn1c(SCC(=O)Nc2ccc(F)cc2)nnc1-c1cccc(Cl)c1. The maximum absolute atomic E-state index is 12.9. The zero-order valence-corrected chi connectivity index (χ0v) is 14.8. The Morgan fingerprint density at radius 2 is 2.00 bits per heavy atom. The van der Waals surface area contributed by atoms with Gasteiger partial charge in [0.1, 0.15) is 5.82 Å². The molecule has 5 nitrogen and oxygen atoms in total. The standard InChI is InChI=1S/C17H14ClFN4OS/c1-23-16(11-3-2-4-12(18)9-11)21-22-17(23)25-10-15(24)20-14-7-5-13(19)6-8-14/h2-9H,10H2,1H3,(H,20,24). The van der Waals surface area contributed by atoms with E-state index in [-0.39, 0.29) is 17.5 Å². The number of amides is 1. The van der Waals surface area contributed by atoms with E-state index in [0.29, 0.717) is 21.7 Å². The quantitative estimate of drug-likeness (QED) is 0.683. The van der Waals surface area contributed by atoms with Gasteiger partial charge in [-0.3, -0.25) is 4.79 Å². The van der Waals surface area contributed by atoms with Crippen LogP contribution >= 0.6 is 23.4 Å². The summed E-state index contributed by atoms with van der Waals surface area (Å²) in [5.74, 6) is 0.284. The number of halogens is 2. The van der Waals surface area contributed by atoms with Gasteiger partial charge in [0, 0.05) is 23.3 Å². The smallest absolute Gasteiger partial charge is 0.234 e. The molecule has 25 heavy (non-hydrogen) atoms. The summed E-state index contributed by atoms with van der Waals surface area (Å²) in [5, 5.41) is 12.2. The molecule has 0 aliphatic rings. The van der Waals surface area contributed by atoms with Crippen molar-refractivity contribution in [1.29, 1.82) is 0 Å². The first-order chi connectivity index (χ1) is 12.0. The summed E-state index contributed by atoms with van der Waals surface area (Å²) in [6.45, 7) is 0. The molecule has 0 fully saturated rings. The fourth-order valence-corrected chi connectivity index (χ4v) is 3.08. The molecule has 0 spiro atoms. The van der Waals surface area contributed by atoms with E-state index in [4.69, 9.17) is 11.6 Å². The molecule has 0 aliphatic carbocycles. The number of hydrogen-bond donors (Lipinski definition) is 1. The van der Waals surface area contributed by atoms with E-state index in [0.717, 1.165) is 5.56 Å². The summed E-state index contributed by atoms with van der Waals surface area (Å²) in [7, 11) is 1.83. The number of nitrogens with one attached hydrogen (secondary N) is 1. The number of anilines is 1. The lowest BCUT2D eigenvalue weighted by atomic mass is 10.2. The van der Waals surface area contributed by atoms with E-state index in [2.05, 4.69) is 15.5 Å². The minimum absolute atomic E-state index is 0.166. The van der Waals surface area contributed by atoms with Gasteiger partial charge in [-0.1, -0.05) is 35.5 Å². The minimum atomic E-state index is -0.347. The molecular formula is C17H14ClFN4OS. The van der Waals surface area contributed by atoms with Crippen LogP contribution in [0.5, 0.6) is 0 Å². The lowest BCUT2D eigenvalue weighted by Gasteiger charge is -2.06. The number of hydrogen-bond acceptors (Lipinski definition) is 4. The number of carbonyl (C=O) groups is 1. The van der Waals surface area contributed by atoms with Crippen molar-refractivity contribution in [1.82, 2.24) is 14.8 Å². The van der Waals surface area contributed by atoms with Gasteiger partial charge >= 0.3 is 0 Å². The summed E-state index contributed by atoms with van der Waals surface area (Å²) >= 11 is 7.27. The largest absolute Gasteiger partial charge is 0.325 e. The Bertz CT molecular complexity index is 898. The minimum Gasteiger partial charge on any atom is -0.325 e. The zero-order valence-electron chi connectivity index (χ0n) is 13.2. The second-order valence-corrected chi connectivity index (χ2v) is 6.60. The van der Waals surface area contributed by atoms with Crippen LogP contribution < -0.4 is 5.32 Å². The zero-order chi connectivity index (χ0) is 17.8. The van der Waals surface area contributed by atoms with Gasteiger partial charge in [0.2, 0.25) is 5.91 Å². The van der Waals surface area contributed by atoms with Gasteiger partial charge in [-0.2, -0.15) is 0 Å². The van der Waals surface area contributed by atoms with E-state index in [9.17, 15) is 9.18 Å². The fraction of sp³-hybridized carbons (Fsp3) is 0.118. The first-order valence-electron chi connectivity index (χ1n) is 7.36. The van der Waals surface area contributed by atoms with Crippen LogP contribution in [0, 0.1) is 5.82 Å². The van der Waals surface area contributed by atoms with Crippen molar-refractivity contribution in [2.75, 3.05) is 11.1 Å². The first kappa shape index (κ1) is 17.4. The maximum atomic E-state index is 12.9. The Hall–Kier alpha value is -2.38. The predicted molar refractivity (Wildman–Crippen MR) is 97.2 cm³/mol. The van der Waals surface area contributed by atoms with Crippen LogP contribution in [-0.2, 0) is 11.8 Å². The number of thioether (sulfide) groups is 1. The van der Waals surface area contributed by atoms with Crippen LogP contribution in [0.3, 0.4) is 0 Å². The topological polar surface area (TPSA) is 59.8 Å². The Labute approximate surface area is 153 Å². The van der Waals surface area contributed by atoms with Crippen molar-refractivity contribution in [3.05, 3.63) is 59.4 Å². The molecule has 2 aromatic carbocycles. The molecule has 0 bridgehead atoms. The first-order valence-corrected chi connectivity index (χ1v) is 8.73. The third-order valence-corrected chi connectivity index (χ3v) is 4.63. The highest BCUT2D eigenvalue weighted by Crippen LogP contribution is 2.24. The molecule has 1 N–H and O–H groups in total. The van der Waals surface area contributed by atoms with Crippen LogP contribution in [0.15, 0.2) is 53.7 Å². The molecule has 3 rings (SSSR count). The molecule has 0 saturated carbocycles. The molecule has 0 radical (unpaired) electrons. The van der Waals surface area contributed by atoms with E-state index in [1.807, 2.05) is 23.7 Å². The molecule has 1 heterocycles. The number of benzene rings is 2. The Morgan fingerprint density at radius 1 is 1.24 bits per heavy atom. The van der Waals surface area contributed by atoms with Gasteiger partial charge in [-0.25, -0.2) is 4.39 Å². The highest BCUT2D eigenvalue weighted by molar-refractivity contribution is 7.99. The maximum Gasteiger partial charge on any atom is 0.234 e. The van der Waals surface area contributed by atoms with Crippen LogP contribution in [0.2, 0.25) is 5.02 Å². The predicted octanol–water partition coefficient (Wildman–Crippen LogP) is 4.01. The highest BCUT2D eigenvalue weighted by Gasteiger charge is 2.13. The van der Waals surface area contributed by atoms with Gasteiger partial charge in [0.15, 0.2) is 11.0 Å². The van der Waals surface area contributed by atoms with Crippen LogP contribution in [0.4, 0.5) is 10.1 Å². The number of rotatable bonds is 5. The van der Waals surface area contributed by atoms with Crippen molar-refractivity contribution in [3.8, 4) is 11.4 Å². The van der Waals surface area contributed by atoms with Crippen molar-refractivity contribution < 1.29 is 9.18 Å². The summed E-state index contributed by atoms with van der Waals surface area (Å²) in [5.41, 5.74) is 1.40. The fourth-order valence-electron chi connectivity index (χ4n) is 2.18. The third-order valence-electron chi connectivity index (χ3n) is 3.38. The van der Waals surface area contributed by atoms with Crippen molar-refractivity contribution in [2.45, 2.75) is 5.16 Å². The normalized spacial score (nSPS) is 10.7. The molecular weight excluding hydrogens is 363 g/mol. The average molecular weight is 377 g/mol. The van der Waals surface area contributed by atoms with Crippen molar-refractivity contribution in [2.24, 2.45) is 7.05 Å². The Kier molecular flexibility index (Phi) is 5.35. The summed E-state index contributed by atoms with van der Waals surface area (Å²) < 4.78 is 14.7. The summed E-state index contributed by atoms with van der Waals surface area (Å²) in [6, 6.07) is 12.9. The highest BCUT2D eigenvalue weighted by atomic mass is 35.5. The molecule has 1 amide bonds. The number of aromatic nitrogens is 3. The Balaban J connectivity index is 1.64. The van der Waals surface area contributed by atoms with Gasteiger partial charge < -0.3 is 9.88 Å². The van der Waals surface area contributed by atoms with Crippen LogP contribution in [0.25, 0.3) is 11.4 Å². The molecule has 1 aromatic heterocycles. The Morgan fingerprint density at radius 3 is 2.72 bits per heavy atom. The number of nitrogens with zero attached hydrogens (tertiary/aromatic N) is 3. The number of carbonyl (C=O) groups excluding carboxylic acids is 1. The van der Waals surface area contributed by atoms with Crippen LogP contribution in [-0.4, -0.2) is 26.4 Å². The second kappa shape index (κ2) is 7.67. The van der Waals surface area contributed by atoms with Gasteiger partial charge in [-0.05, 0) is 36.4 Å². The van der Waals surface area contributed by atoms with E-state index in [1.165, 1.54) is 36.0 Å². The molecule has 128 valence electrons. The molecule has 8 heteroatoms. The average Bonchev–Trinajstić information content (AvgIpc) is 2.96. The molecule has 3 aromatic rings. The molecule has 0 unspecified atom stereocenters. The van der Waals surface area contributed by atoms with E-state index < -0.39 is 0 Å². The summed E-state index contributed by atoms with van der Waals surface area (Å²) in [6.07, 6.45) is 0. The third kappa shape index (κ3) is 4.37. The van der Waals surface area contributed by atoms with Crippen molar-refractivity contribution in [3.63, 3.8) is 0 Å². The van der Waals surface area contributed by atoms with E-state index >= 15 is 0 Å². The summed E-state index contributed by atoms with van der Waals surface area (Å²) in [4.78, 5) is 12.0. The molecule has 0 saturated heterocycles.